The molecule has 0 radical (unpaired) electrons. The fourth-order valence-corrected chi connectivity index (χ4v) is 2.17. The number of hydrogen-bond acceptors (Lipinski definition) is 4. The Balaban J connectivity index is 2.80. The van der Waals surface area contributed by atoms with Crippen LogP contribution in [0.15, 0.2) is 24.3 Å². The molecule has 0 aliphatic heterocycles. The second kappa shape index (κ2) is 5.33. The first-order chi connectivity index (χ1) is 9.41. The van der Waals surface area contributed by atoms with Crippen molar-refractivity contribution in [3.8, 4) is 11.5 Å². The number of rotatable bonds is 2. The Morgan fingerprint density at radius 1 is 0.800 bits per heavy atom. The zero-order valence-corrected chi connectivity index (χ0v) is 11.9. The van der Waals surface area contributed by atoms with Gasteiger partial charge in [-0.3, -0.25) is 9.59 Å². The predicted octanol–water partition coefficient (Wildman–Crippen LogP) is 3.31. The van der Waals surface area contributed by atoms with Crippen molar-refractivity contribution in [1.29, 1.82) is 0 Å². The highest BCUT2D eigenvalue weighted by Gasteiger charge is 2.18. The third-order valence-corrected chi connectivity index (χ3v) is 3.15. The summed E-state index contributed by atoms with van der Waals surface area (Å²) < 4.78 is 10.6. The topological polar surface area (TPSA) is 52.6 Å². The standard InChI is InChI=1S/C16H16O4/c1-9-10(2)16(20-12(4)18)14-8-6-5-7-13(14)15(9)19-11(3)17/h5-8H,1-4H3. The molecular weight excluding hydrogens is 256 g/mol. The van der Waals surface area contributed by atoms with Crippen LogP contribution in [0, 0.1) is 13.8 Å². The third kappa shape index (κ3) is 2.50. The van der Waals surface area contributed by atoms with Gasteiger partial charge in [0, 0.05) is 24.6 Å². The summed E-state index contributed by atoms with van der Waals surface area (Å²) in [6.45, 7) is 6.41. The van der Waals surface area contributed by atoms with Gasteiger partial charge in [0.1, 0.15) is 11.5 Å². The van der Waals surface area contributed by atoms with Crippen molar-refractivity contribution in [2.24, 2.45) is 0 Å². The molecule has 0 unspecified atom stereocenters. The van der Waals surface area contributed by atoms with E-state index in [0.717, 1.165) is 21.9 Å². The van der Waals surface area contributed by atoms with Gasteiger partial charge in [-0.25, -0.2) is 0 Å². The average Bonchev–Trinajstić information content (AvgIpc) is 2.39. The Hall–Kier alpha value is -2.36. The minimum atomic E-state index is -0.377. The van der Waals surface area contributed by atoms with E-state index >= 15 is 0 Å². The van der Waals surface area contributed by atoms with Gasteiger partial charge in [0.2, 0.25) is 0 Å². The predicted molar refractivity (Wildman–Crippen MR) is 76.0 cm³/mol. The molecular formula is C16H16O4. The molecule has 2 aromatic carbocycles. The first kappa shape index (κ1) is 14.1. The van der Waals surface area contributed by atoms with Gasteiger partial charge < -0.3 is 9.47 Å². The van der Waals surface area contributed by atoms with Crippen LogP contribution in [0.3, 0.4) is 0 Å². The molecule has 0 amide bonds. The molecule has 0 N–H and O–H groups in total. The van der Waals surface area contributed by atoms with Crippen molar-refractivity contribution in [2.75, 3.05) is 0 Å². The van der Waals surface area contributed by atoms with Crippen LogP contribution in [-0.2, 0) is 9.59 Å². The number of fused-ring (bicyclic) bond motifs is 1. The summed E-state index contributed by atoms with van der Waals surface area (Å²) in [5, 5.41) is 1.50. The summed E-state index contributed by atoms with van der Waals surface area (Å²) in [5.74, 6) is 0.277. The van der Waals surface area contributed by atoms with Crippen LogP contribution in [-0.4, -0.2) is 11.9 Å². The van der Waals surface area contributed by atoms with Gasteiger partial charge in [-0.2, -0.15) is 0 Å². The Bertz CT molecular complexity index is 641. The molecule has 0 atom stereocenters. The Kier molecular flexibility index (Phi) is 3.74. The number of esters is 2. The molecule has 4 heteroatoms. The normalized spacial score (nSPS) is 10.4. The SMILES string of the molecule is CC(=O)Oc1c(C)c(C)c(OC(C)=O)c2ccccc12. The minimum absolute atomic E-state index is 0.377. The van der Waals surface area contributed by atoms with E-state index in [0.29, 0.717) is 11.5 Å². The summed E-state index contributed by atoms with van der Waals surface area (Å²) in [5.41, 5.74) is 1.57. The molecule has 4 nitrogen and oxygen atoms in total. The maximum absolute atomic E-state index is 11.3. The molecule has 0 saturated heterocycles. The van der Waals surface area contributed by atoms with Crippen LogP contribution in [0.2, 0.25) is 0 Å². The molecule has 0 aliphatic rings. The quantitative estimate of drug-likeness (QED) is 0.621. The second-order valence-corrected chi connectivity index (χ2v) is 4.64. The van der Waals surface area contributed by atoms with Gasteiger partial charge in [-0.15, -0.1) is 0 Å². The fourth-order valence-electron chi connectivity index (χ4n) is 2.17. The van der Waals surface area contributed by atoms with Gasteiger partial charge in [0.25, 0.3) is 0 Å². The maximum atomic E-state index is 11.3. The average molecular weight is 272 g/mol. The van der Waals surface area contributed by atoms with E-state index in [1.165, 1.54) is 13.8 Å². The van der Waals surface area contributed by atoms with Crippen molar-refractivity contribution in [3.63, 3.8) is 0 Å². The van der Waals surface area contributed by atoms with Crippen molar-refractivity contribution >= 4 is 22.7 Å². The van der Waals surface area contributed by atoms with Gasteiger partial charge in [0.15, 0.2) is 0 Å². The highest BCUT2D eigenvalue weighted by atomic mass is 16.5. The van der Waals surface area contributed by atoms with E-state index in [2.05, 4.69) is 0 Å². The van der Waals surface area contributed by atoms with E-state index in [1.807, 2.05) is 38.1 Å². The lowest BCUT2D eigenvalue weighted by molar-refractivity contribution is -0.133. The molecule has 20 heavy (non-hydrogen) atoms. The molecule has 0 aromatic heterocycles. The molecule has 2 rings (SSSR count). The molecule has 0 spiro atoms. The Labute approximate surface area is 117 Å². The highest BCUT2D eigenvalue weighted by Crippen LogP contribution is 2.40. The van der Waals surface area contributed by atoms with E-state index in [-0.39, 0.29) is 11.9 Å². The van der Waals surface area contributed by atoms with Crippen LogP contribution >= 0.6 is 0 Å². The van der Waals surface area contributed by atoms with E-state index in [1.54, 1.807) is 0 Å². The van der Waals surface area contributed by atoms with Crippen LogP contribution in [0.4, 0.5) is 0 Å². The van der Waals surface area contributed by atoms with Gasteiger partial charge in [-0.1, -0.05) is 24.3 Å². The highest BCUT2D eigenvalue weighted by molar-refractivity contribution is 5.98. The van der Waals surface area contributed by atoms with Gasteiger partial charge in [-0.05, 0) is 25.0 Å². The zero-order chi connectivity index (χ0) is 14.9. The zero-order valence-electron chi connectivity index (χ0n) is 11.9. The maximum Gasteiger partial charge on any atom is 0.308 e. The number of carbonyl (C=O) groups excluding carboxylic acids is 2. The van der Waals surface area contributed by atoms with Crippen LogP contribution in [0.1, 0.15) is 25.0 Å². The second-order valence-electron chi connectivity index (χ2n) is 4.64. The van der Waals surface area contributed by atoms with Gasteiger partial charge in [0.05, 0.1) is 0 Å². The smallest absolute Gasteiger partial charge is 0.308 e. The number of carbonyl (C=O) groups is 2. The number of hydrogen-bond donors (Lipinski definition) is 0. The lowest BCUT2D eigenvalue weighted by atomic mass is 9.99. The van der Waals surface area contributed by atoms with Crippen molar-refractivity contribution in [1.82, 2.24) is 0 Å². The molecule has 0 aliphatic carbocycles. The Morgan fingerprint density at radius 2 is 1.15 bits per heavy atom. The first-order valence-corrected chi connectivity index (χ1v) is 6.30. The fraction of sp³-hybridized carbons (Fsp3) is 0.250. The summed E-state index contributed by atoms with van der Waals surface area (Å²) >= 11 is 0. The summed E-state index contributed by atoms with van der Waals surface area (Å²) in [6.07, 6.45) is 0. The summed E-state index contributed by atoms with van der Waals surface area (Å²) in [6, 6.07) is 7.38. The van der Waals surface area contributed by atoms with Crippen LogP contribution in [0.5, 0.6) is 11.5 Å². The summed E-state index contributed by atoms with van der Waals surface area (Å²) in [4.78, 5) is 22.6. The Morgan fingerprint density at radius 3 is 1.45 bits per heavy atom. The van der Waals surface area contributed by atoms with Gasteiger partial charge >= 0.3 is 11.9 Å². The van der Waals surface area contributed by atoms with Crippen molar-refractivity contribution in [3.05, 3.63) is 35.4 Å². The van der Waals surface area contributed by atoms with E-state index in [4.69, 9.17) is 9.47 Å². The molecule has 0 heterocycles. The van der Waals surface area contributed by atoms with Crippen LogP contribution < -0.4 is 9.47 Å². The minimum Gasteiger partial charge on any atom is -0.426 e. The molecule has 2 aromatic rings. The third-order valence-electron chi connectivity index (χ3n) is 3.15. The molecule has 0 saturated carbocycles. The molecule has 0 fully saturated rings. The molecule has 0 bridgehead atoms. The monoisotopic (exact) mass is 272 g/mol. The van der Waals surface area contributed by atoms with Crippen molar-refractivity contribution in [2.45, 2.75) is 27.7 Å². The lowest BCUT2D eigenvalue weighted by Gasteiger charge is -2.16. The first-order valence-electron chi connectivity index (χ1n) is 6.30. The lowest BCUT2D eigenvalue weighted by Crippen LogP contribution is -2.08. The largest absolute Gasteiger partial charge is 0.426 e. The van der Waals surface area contributed by atoms with E-state index in [9.17, 15) is 9.59 Å². The summed E-state index contributed by atoms with van der Waals surface area (Å²) in [7, 11) is 0. The van der Waals surface area contributed by atoms with E-state index < -0.39 is 0 Å². The van der Waals surface area contributed by atoms with Crippen LogP contribution in [0.25, 0.3) is 10.8 Å². The molecule has 104 valence electrons. The number of ether oxygens (including phenoxy) is 2. The van der Waals surface area contributed by atoms with Crippen molar-refractivity contribution < 1.29 is 19.1 Å². The number of benzene rings is 2.